The smallest absolute Gasteiger partial charge is 0.274 e. The van der Waals surface area contributed by atoms with Crippen LogP contribution in [0, 0.1) is 0 Å². The summed E-state index contributed by atoms with van der Waals surface area (Å²) in [6.07, 6.45) is 0.0600. The number of carbonyl (C=O) groups is 1. The second-order valence-electron chi connectivity index (χ2n) is 3.67. The van der Waals surface area contributed by atoms with Crippen LogP contribution in [-0.4, -0.2) is 45.8 Å². The first-order chi connectivity index (χ1) is 7.50. The molecule has 0 aliphatic rings. The lowest BCUT2D eigenvalue weighted by Crippen LogP contribution is -2.30. The molecule has 0 saturated carbocycles. The van der Waals surface area contributed by atoms with E-state index in [1.165, 1.54) is 17.0 Å². The summed E-state index contributed by atoms with van der Waals surface area (Å²) in [5.74, 6) is -0.281. The van der Waals surface area contributed by atoms with Gasteiger partial charge >= 0.3 is 0 Å². The summed E-state index contributed by atoms with van der Waals surface area (Å²) in [5, 5.41) is 14.9. The second-order valence-corrected chi connectivity index (χ2v) is 3.67. The Kier molecular flexibility index (Phi) is 4.19. The molecule has 1 atom stereocenters. The first kappa shape index (κ1) is 12.4. The Morgan fingerprint density at radius 3 is 2.81 bits per heavy atom. The van der Waals surface area contributed by atoms with Gasteiger partial charge in [-0.15, -0.1) is 0 Å². The number of nitrogens with zero attached hydrogens (tertiary/aromatic N) is 2. The number of carbonyl (C=O) groups excluding carboxylic acids is 1. The van der Waals surface area contributed by atoms with Crippen LogP contribution in [-0.2, 0) is 0 Å². The van der Waals surface area contributed by atoms with E-state index < -0.39 is 6.10 Å². The zero-order chi connectivity index (χ0) is 12.1. The number of hydrogen-bond donors (Lipinski definition) is 2. The van der Waals surface area contributed by atoms with Crippen molar-refractivity contribution in [3.05, 3.63) is 28.2 Å². The lowest BCUT2D eigenvalue weighted by atomic mass is 10.2. The van der Waals surface area contributed by atoms with E-state index in [2.05, 4.69) is 10.2 Å². The largest absolute Gasteiger partial charge is 0.393 e. The van der Waals surface area contributed by atoms with E-state index in [4.69, 9.17) is 5.11 Å². The van der Waals surface area contributed by atoms with E-state index in [-0.39, 0.29) is 17.2 Å². The minimum absolute atomic E-state index is 0.188. The van der Waals surface area contributed by atoms with Crippen LogP contribution >= 0.6 is 0 Å². The van der Waals surface area contributed by atoms with Gasteiger partial charge in [-0.1, -0.05) is 0 Å². The van der Waals surface area contributed by atoms with Crippen LogP contribution in [0.5, 0.6) is 0 Å². The third-order valence-electron chi connectivity index (χ3n) is 2.13. The fourth-order valence-corrected chi connectivity index (χ4v) is 1.14. The highest BCUT2D eigenvalue weighted by atomic mass is 16.3. The molecule has 0 aliphatic heterocycles. The Morgan fingerprint density at radius 2 is 2.31 bits per heavy atom. The number of aromatic nitrogens is 2. The van der Waals surface area contributed by atoms with Gasteiger partial charge in [0.2, 0.25) is 0 Å². The van der Waals surface area contributed by atoms with Crippen LogP contribution in [0.2, 0.25) is 0 Å². The number of aliphatic hydroxyl groups is 1. The van der Waals surface area contributed by atoms with Gasteiger partial charge in [0.15, 0.2) is 0 Å². The van der Waals surface area contributed by atoms with E-state index >= 15 is 0 Å². The first-order valence-electron chi connectivity index (χ1n) is 5.00. The SMILES string of the molecule is CC(O)CCN(C)C(=O)c1ccc(=O)[nH]n1. The highest BCUT2D eigenvalue weighted by Crippen LogP contribution is 1.99. The summed E-state index contributed by atoms with van der Waals surface area (Å²) in [6.45, 7) is 2.11. The molecule has 2 N–H and O–H groups in total. The summed E-state index contributed by atoms with van der Waals surface area (Å²) < 4.78 is 0. The summed E-state index contributed by atoms with van der Waals surface area (Å²) in [4.78, 5) is 23.9. The molecule has 1 aromatic heterocycles. The Balaban J connectivity index is 2.63. The molecule has 1 heterocycles. The third-order valence-corrected chi connectivity index (χ3v) is 2.13. The van der Waals surface area contributed by atoms with Gasteiger partial charge in [0.1, 0.15) is 5.69 Å². The lowest BCUT2D eigenvalue weighted by molar-refractivity contribution is 0.0762. The molecule has 1 unspecified atom stereocenters. The molecule has 1 rings (SSSR count). The third kappa shape index (κ3) is 3.47. The van der Waals surface area contributed by atoms with E-state index in [1.807, 2.05) is 0 Å². The number of nitrogens with one attached hydrogen (secondary N) is 1. The van der Waals surface area contributed by atoms with Crippen molar-refractivity contribution in [2.24, 2.45) is 0 Å². The molecule has 0 spiro atoms. The van der Waals surface area contributed by atoms with Gasteiger partial charge in [0, 0.05) is 19.7 Å². The van der Waals surface area contributed by atoms with Crippen LogP contribution < -0.4 is 5.56 Å². The minimum atomic E-state index is -0.446. The zero-order valence-electron chi connectivity index (χ0n) is 9.30. The van der Waals surface area contributed by atoms with Crippen molar-refractivity contribution in [2.75, 3.05) is 13.6 Å². The Labute approximate surface area is 92.9 Å². The number of hydrogen-bond acceptors (Lipinski definition) is 4. The van der Waals surface area contributed by atoms with Crippen LogP contribution in [0.3, 0.4) is 0 Å². The molecule has 88 valence electrons. The average molecular weight is 225 g/mol. The minimum Gasteiger partial charge on any atom is -0.393 e. The highest BCUT2D eigenvalue weighted by molar-refractivity contribution is 5.91. The summed E-state index contributed by atoms with van der Waals surface area (Å²) >= 11 is 0. The maximum Gasteiger partial charge on any atom is 0.274 e. The number of aromatic amines is 1. The summed E-state index contributed by atoms with van der Waals surface area (Å²) in [5.41, 5.74) is -0.157. The first-order valence-corrected chi connectivity index (χ1v) is 5.00. The molecule has 0 bridgehead atoms. The highest BCUT2D eigenvalue weighted by Gasteiger charge is 2.13. The van der Waals surface area contributed by atoms with Gasteiger partial charge < -0.3 is 10.0 Å². The van der Waals surface area contributed by atoms with Gasteiger partial charge in [-0.25, -0.2) is 5.10 Å². The van der Waals surface area contributed by atoms with Gasteiger partial charge in [-0.3, -0.25) is 9.59 Å². The predicted molar refractivity (Wildman–Crippen MR) is 58.1 cm³/mol. The molecule has 0 aliphatic carbocycles. The standard InChI is InChI=1S/C10H15N3O3/c1-7(14)5-6-13(2)10(16)8-3-4-9(15)12-11-8/h3-4,7,14H,5-6H2,1-2H3,(H,12,15). The summed E-state index contributed by atoms with van der Waals surface area (Å²) in [7, 11) is 1.62. The molecule has 0 radical (unpaired) electrons. The molecule has 6 nitrogen and oxygen atoms in total. The second kappa shape index (κ2) is 5.41. The molecule has 0 aromatic carbocycles. The van der Waals surface area contributed by atoms with Crippen molar-refractivity contribution in [2.45, 2.75) is 19.4 Å². The molecule has 1 amide bonds. The Morgan fingerprint density at radius 1 is 1.62 bits per heavy atom. The molecule has 6 heteroatoms. The Bertz CT molecular complexity index is 394. The average Bonchev–Trinajstić information content (AvgIpc) is 2.26. The van der Waals surface area contributed by atoms with Gasteiger partial charge in [-0.2, -0.15) is 5.10 Å². The molecular weight excluding hydrogens is 210 g/mol. The van der Waals surface area contributed by atoms with E-state index in [0.29, 0.717) is 13.0 Å². The van der Waals surface area contributed by atoms with E-state index in [9.17, 15) is 9.59 Å². The van der Waals surface area contributed by atoms with Crippen molar-refractivity contribution >= 4 is 5.91 Å². The van der Waals surface area contributed by atoms with Crippen molar-refractivity contribution < 1.29 is 9.90 Å². The van der Waals surface area contributed by atoms with Crippen LogP contribution in [0.25, 0.3) is 0 Å². The molecule has 1 aromatic rings. The summed E-state index contributed by atoms with van der Waals surface area (Å²) in [6, 6.07) is 2.63. The fraction of sp³-hybridized carbons (Fsp3) is 0.500. The predicted octanol–water partition coefficient (Wildman–Crippen LogP) is -0.387. The Hall–Kier alpha value is -1.69. The van der Waals surface area contributed by atoms with Gasteiger partial charge in [-0.05, 0) is 19.4 Å². The van der Waals surface area contributed by atoms with Crippen LogP contribution in [0.4, 0.5) is 0 Å². The number of amides is 1. The van der Waals surface area contributed by atoms with E-state index in [1.54, 1.807) is 14.0 Å². The molecule has 0 saturated heterocycles. The van der Waals surface area contributed by atoms with Crippen molar-refractivity contribution in [3.63, 3.8) is 0 Å². The van der Waals surface area contributed by atoms with Gasteiger partial charge in [0.25, 0.3) is 11.5 Å². The van der Waals surface area contributed by atoms with Crippen LogP contribution in [0.1, 0.15) is 23.8 Å². The zero-order valence-corrected chi connectivity index (χ0v) is 9.30. The topological polar surface area (TPSA) is 86.3 Å². The quantitative estimate of drug-likeness (QED) is 0.731. The maximum absolute atomic E-state index is 11.7. The molecular formula is C10H15N3O3. The van der Waals surface area contributed by atoms with Crippen LogP contribution in [0.15, 0.2) is 16.9 Å². The van der Waals surface area contributed by atoms with Crippen molar-refractivity contribution in [1.82, 2.24) is 15.1 Å². The molecule has 16 heavy (non-hydrogen) atoms. The van der Waals surface area contributed by atoms with Crippen molar-refractivity contribution in [3.8, 4) is 0 Å². The maximum atomic E-state index is 11.7. The number of rotatable bonds is 4. The molecule has 0 fully saturated rings. The van der Waals surface area contributed by atoms with Crippen molar-refractivity contribution in [1.29, 1.82) is 0 Å². The van der Waals surface area contributed by atoms with Gasteiger partial charge in [0.05, 0.1) is 6.10 Å². The number of H-pyrrole nitrogens is 1. The normalized spacial score (nSPS) is 12.2. The lowest BCUT2D eigenvalue weighted by Gasteiger charge is -2.17. The van der Waals surface area contributed by atoms with E-state index in [0.717, 1.165) is 0 Å². The monoisotopic (exact) mass is 225 g/mol. The fourth-order valence-electron chi connectivity index (χ4n) is 1.14. The number of aliphatic hydroxyl groups excluding tert-OH is 1.